The van der Waals surface area contributed by atoms with Crippen molar-refractivity contribution >= 4 is 39.6 Å². The zero-order valence-corrected chi connectivity index (χ0v) is 24.8. The summed E-state index contributed by atoms with van der Waals surface area (Å²) in [6, 6.07) is 12.0. The second kappa shape index (κ2) is 13.4. The summed E-state index contributed by atoms with van der Waals surface area (Å²) in [7, 11) is 3.06. The maximum Gasteiger partial charge on any atom is 0.341 e. The predicted molar refractivity (Wildman–Crippen MR) is 162 cm³/mol. The smallest absolute Gasteiger partial charge is 0.341 e. The third kappa shape index (κ3) is 6.71. The lowest BCUT2D eigenvalue weighted by Gasteiger charge is -2.21. The second-order valence-corrected chi connectivity index (χ2v) is 12.1. The van der Waals surface area contributed by atoms with Crippen molar-refractivity contribution in [2.75, 3.05) is 32.8 Å². The van der Waals surface area contributed by atoms with E-state index < -0.39 is 5.97 Å². The highest BCUT2D eigenvalue weighted by Gasteiger charge is 2.22. The fourth-order valence-electron chi connectivity index (χ4n) is 5.12. The number of aromatic nitrogens is 2. The van der Waals surface area contributed by atoms with Gasteiger partial charge < -0.3 is 19.5 Å². The van der Waals surface area contributed by atoms with Crippen LogP contribution in [0.1, 0.15) is 52.9 Å². The Labute approximate surface area is 243 Å². The van der Waals surface area contributed by atoms with Crippen molar-refractivity contribution < 1.29 is 19.0 Å². The lowest BCUT2D eigenvalue weighted by Crippen LogP contribution is -2.09. The number of thiazole rings is 1. The van der Waals surface area contributed by atoms with Gasteiger partial charge in [-0.05, 0) is 60.5 Å². The SMILES string of the molecule is COCCOc1ccc(-c2nc(Nc3ncc(-c4cccs4)cc3C(=O)OC)sc2CC2CCCCC2)cc1C. The maximum atomic E-state index is 12.7. The van der Waals surface area contributed by atoms with Crippen molar-refractivity contribution in [2.24, 2.45) is 5.92 Å². The first kappa shape index (κ1) is 28.3. The third-order valence-corrected chi connectivity index (χ3v) is 9.13. The molecule has 1 aliphatic carbocycles. The quantitative estimate of drug-likeness (QED) is 0.143. The van der Waals surface area contributed by atoms with Crippen LogP contribution in [0.2, 0.25) is 0 Å². The minimum atomic E-state index is -0.438. The zero-order chi connectivity index (χ0) is 27.9. The van der Waals surface area contributed by atoms with E-state index in [0.29, 0.717) is 35.6 Å². The Morgan fingerprint density at radius 3 is 2.65 bits per heavy atom. The van der Waals surface area contributed by atoms with Crippen LogP contribution in [0.15, 0.2) is 48.0 Å². The molecule has 210 valence electrons. The molecule has 1 aliphatic rings. The van der Waals surface area contributed by atoms with Gasteiger partial charge in [0.25, 0.3) is 0 Å². The van der Waals surface area contributed by atoms with Gasteiger partial charge >= 0.3 is 5.97 Å². The van der Waals surface area contributed by atoms with E-state index >= 15 is 0 Å². The molecule has 1 saturated carbocycles. The molecule has 0 aliphatic heterocycles. The summed E-state index contributed by atoms with van der Waals surface area (Å²) < 4.78 is 16.1. The highest BCUT2D eigenvalue weighted by molar-refractivity contribution is 7.16. The maximum absolute atomic E-state index is 12.7. The van der Waals surface area contributed by atoms with Crippen LogP contribution >= 0.6 is 22.7 Å². The van der Waals surface area contributed by atoms with Gasteiger partial charge in [0.05, 0.1) is 19.4 Å². The van der Waals surface area contributed by atoms with Crippen LogP contribution in [0.3, 0.4) is 0 Å². The van der Waals surface area contributed by atoms with Crippen molar-refractivity contribution in [1.82, 2.24) is 9.97 Å². The molecule has 4 aromatic rings. The van der Waals surface area contributed by atoms with E-state index in [1.165, 1.54) is 44.1 Å². The Hall–Kier alpha value is -3.27. The lowest BCUT2D eigenvalue weighted by molar-refractivity contribution is 0.0601. The van der Waals surface area contributed by atoms with Crippen LogP contribution in [0, 0.1) is 12.8 Å². The molecule has 3 aromatic heterocycles. The van der Waals surface area contributed by atoms with Crippen LogP contribution < -0.4 is 10.1 Å². The molecule has 40 heavy (non-hydrogen) atoms. The fraction of sp³-hybridized carbons (Fsp3) is 0.387. The van der Waals surface area contributed by atoms with Crippen LogP contribution in [-0.2, 0) is 15.9 Å². The van der Waals surface area contributed by atoms with Crippen molar-refractivity contribution in [3.8, 4) is 27.4 Å². The molecule has 0 atom stereocenters. The van der Waals surface area contributed by atoms with E-state index in [0.717, 1.165) is 39.4 Å². The first-order valence-electron chi connectivity index (χ1n) is 13.7. The number of benzene rings is 1. The minimum Gasteiger partial charge on any atom is -0.491 e. The summed E-state index contributed by atoms with van der Waals surface area (Å²) >= 11 is 3.24. The molecule has 0 unspecified atom stereocenters. The highest BCUT2D eigenvalue weighted by atomic mass is 32.1. The first-order valence-corrected chi connectivity index (χ1v) is 15.4. The molecule has 0 spiro atoms. The van der Waals surface area contributed by atoms with Crippen molar-refractivity contribution in [3.63, 3.8) is 0 Å². The van der Waals surface area contributed by atoms with Gasteiger partial charge in [-0.25, -0.2) is 14.8 Å². The van der Waals surface area contributed by atoms with E-state index in [1.54, 1.807) is 36.0 Å². The summed E-state index contributed by atoms with van der Waals surface area (Å²) in [4.78, 5) is 24.7. The first-order chi connectivity index (χ1) is 19.6. The van der Waals surface area contributed by atoms with Crippen molar-refractivity contribution in [2.45, 2.75) is 45.4 Å². The molecule has 0 saturated heterocycles. The number of ether oxygens (including phenoxy) is 3. The molecule has 0 radical (unpaired) electrons. The highest BCUT2D eigenvalue weighted by Crippen LogP contribution is 2.39. The number of aryl methyl sites for hydroxylation is 1. The van der Waals surface area contributed by atoms with E-state index in [-0.39, 0.29) is 0 Å². The van der Waals surface area contributed by atoms with Gasteiger partial charge in [-0.15, -0.1) is 22.7 Å². The number of hydrogen-bond acceptors (Lipinski definition) is 9. The minimum absolute atomic E-state index is 0.382. The number of carbonyl (C=O) groups excluding carboxylic acids is 1. The van der Waals surface area contributed by atoms with E-state index in [9.17, 15) is 4.79 Å². The van der Waals surface area contributed by atoms with Crippen LogP contribution in [-0.4, -0.2) is 43.4 Å². The van der Waals surface area contributed by atoms with E-state index in [2.05, 4.69) is 29.4 Å². The number of thiophene rings is 1. The summed E-state index contributed by atoms with van der Waals surface area (Å²) in [5.41, 5.74) is 4.34. The number of pyridine rings is 1. The average Bonchev–Trinajstić information content (AvgIpc) is 3.65. The van der Waals surface area contributed by atoms with Gasteiger partial charge in [-0.1, -0.05) is 38.2 Å². The standard InChI is InChI=1S/C31H35N3O4S2/c1-20-16-22(11-12-25(20)38-14-13-36-2)28-27(17-21-8-5-4-6-9-21)40-31(33-28)34-29-24(30(35)37-3)18-23(19-32-29)26-10-7-15-39-26/h7,10-12,15-16,18-19,21H,4-6,8-9,13-14,17H2,1-3H3,(H,32,33,34). The normalized spacial score (nSPS) is 13.8. The van der Waals surface area contributed by atoms with Gasteiger partial charge in [-0.2, -0.15) is 0 Å². The number of carbonyl (C=O) groups is 1. The molecule has 1 aromatic carbocycles. The van der Waals surface area contributed by atoms with Gasteiger partial charge in [0.2, 0.25) is 0 Å². The Balaban J connectivity index is 1.47. The van der Waals surface area contributed by atoms with Crippen molar-refractivity contribution in [1.29, 1.82) is 0 Å². The number of anilines is 2. The molecule has 1 fully saturated rings. The summed E-state index contributed by atoms with van der Waals surface area (Å²) in [5.74, 6) is 1.51. The molecule has 7 nitrogen and oxygen atoms in total. The fourth-order valence-corrected chi connectivity index (χ4v) is 6.93. The molecule has 0 bridgehead atoms. The topological polar surface area (TPSA) is 82.6 Å². The summed E-state index contributed by atoms with van der Waals surface area (Å²) in [6.07, 6.45) is 9.19. The van der Waals surface area contributed by atoms with E-state index in [4.69, 9.17) is 19.2 Å². The Bertz CT molecular complexity index is 1430. The zero-order valence-electron chi connectivity index (χ0n) is 23.2. The third-order valence-electron chi connectivity index (χ3n) is 7.21. The molecule has 0 amide bonds. The molecular formula is C31H35N3O4S2. The van der Waals surface area contributed by atoms with E-state index in [1.807, 2.05) is 29.6 Å². The number of nitrogens with one attached hydrogen (secondary N) is 1. The van der Waals surface area contributed by atoms with Crippen molar-refractivity contribution in [3.05, 3.63) is 64.0 Å². The molecule has 1 N–H and O–H groups in total. The Kier molecular flexibility index (Phi) is 9.46. The Morgan fingerprint density at radius 1 is 1.07 bits per heavy atom. The number of rotatable bonds is 11. The van der Waals surface area contributed by atoms with Gasteiger partial charge in [0, 0.05) is 34.2 Å². The lowest BCUT2D eigenvalue weighted by atomic mass is 9.86. The number of nitrogens with zero attached hydrogens (tertiary/aromatic N) is 2. The molecular weight excluding hydrogens is 542 g/mol. The summed E-state index contributed by atoms with van der Waals surface area (Å²) in [5, 5.41) is 6.06. The largest absolute Gasteiger partial charge is 0.491 e. The molecule has 5 rings (SSSR count). The van der Waals surface area contributed by atoms with Crippen LogP contribution in [0.4, 0.5) is 10.9 Å². The number of methoxy groups -OCH3 is 2. The van der Waals surface area contributed by atoms with Crippen LogP contribution in [0.5, 0.6) is 5.75 Å². The number of esters is 1. The second-order valence-electron chi connectivity index (χ2n) is 10.0. The van der Waals surface area contributed by atoms with Gasteiger partial charge in [-0.3, -0.25) is 0 Å². The van der Waals surface area contributed by atoms with Gasteiger partial charge in [0.1, 0.15) is 23.7 Å². The monoisotopic (exact) mass is 577 g/mol. The van der Waals surface area contributed by atoms with Gasteiger partial charge in [0.15, 0.2) is 5.13 Å². The predicted octanol–water partition coefficient (Wildman–Crippen LogP) is 7.92. The Morgan fingerprint density at radius 2 is 1.93 bits per heavy atom. The van der Waals surface area contributed by atoms with Crippen LogP contribution in [0.25, 0.3) is 21.7 Å². The molecule has 9 heteroatoms. The number of hydrogen-bond donors (Lipinski definition) is 1. The average molecular weight is 578 g/mol. The molecule has 3 heterocycles. The summed E-state index contributed by atoms with van der Waals surface area (Å²) in [6.45, 7) is 3.11.